The quantitative estimate of drug-likeness (QED) is 0.389. The van der Waals surface area contributed by atoms with Crippen LogP contribution in [0.15, 0.2) is 0 Å². The van der Waals surface area contributed by atoms with Gasteiger partial charge in [-0.25, -0.2) is 0 Å². The highest BCUT2D eigenvalue weighted by Gasteiger charge is 2.48. The number of amides is 2. The van der Waals surface area contributed by atoms with Crippen LogP contribution in [-0.2, 0) is 29.2 Å². The monoisotopic (exact) mass is 630 g/mol. The molecule has 4 rings (SSSR count). The largest absolute Gasteiger partial charge is 0.349 e. The molecule has 0 bridgehead atoms. The van der Waals surface area contributed by atoms with Gasteiger partial charge in [0.2, 0.25) is 11.8 Å². The summed E-state index contributed by atoms with van der Waals surface area (Å²) in [6, 6.07) is 0.0224. The molecule has 1 saturated carbocycles. The summed E-state index contributed by atoms with van der Waals surface area (Å²) < 4.78 is 38.9. The van der Waals surface area contributed by atoms with Gasteiger partial charge in [0.05, 0.1) is 25.5 Å². The number of carbonyl (C=O) groups is 2. The van der Waals surface area contributed by atoms with Gasteiger partial charge in [0, 0.05) is 50.5 Å². The summed E-state index contributed by atoms with van der Waals surface area (Å²) in [5, 5.41) is 3.39. The molecule has 2 amide bonds. The van der Waals surface area contributed by atoms with Gasteiger partial charge in [0.1, 0.15) is 6.04 Å². The van der Waals surface area contributed by atoms with Crippen molar-refractivity contribution in [3.8, 4) is 0 Å². The Bertz CT molecular complexity index is 1020. The standard InChI is InChI=1S/C30H54N4O4.CH4O3S/c1-20(2)15-25-28(35)34(14-12-31-25)27(16-21(3)4)29(36)33-13-11-30(17-22(33)5)37-18-23(19-38-30)24-9-8-10-26(24)32(6)7;1-5(2,3)4/h20-27,31H,8-19H2,1-7H3;1H3,(H,2,3,4)/t22-,23?,24?,25-,26?,27-,30?;/m0./s1. The number of nitrogens with one attached hydrogen (secondary N) is 1. The van der Waals surface area contributed by atoms with E-state index in [4.69, 9.17) is 14.0 Å². The number of rotatable bonds is 8. The molecule has 3 heterocycles. The van der Waals surface area contributed by atoms with E-state index in [1.165, 1.54) is 19.3 Å². The molecule has 0 radical (unpaired) electrons. The maximum atomic E-state index is 14.0. The van der Waals surface area contributed by atoms with Gasteiger partial charge in [-0.3, -0.25) is 14.1 Å². The first-order valence-corrected chi connectivity index (χ1v) is 18.1. The van der Waals surface area contributed by atoms with Crippen LogP contribution >= 0.6 is 0 Å². The van der Waals surface area contributed by atoms with Gasteiger partial charge in [-0.15, -0.1) is 0 Å². The lowest BCUT2D eigenvalue weighted by molar-refractivity contribution is -0.307. The Balaban J connectivity index is 0.000000934. The van der Waals surface area contributed by atoms with Crippen molar-refractivity contribution in [1.29, 1.82) is 0 Å². The van der Waals surface area contributed by atoms with Crippen molar-refractivity contribution in [2.45, 2.75) is 110 Å². The molecular weight excluding hydrogens is 572 g/mol. The van der Waals surface area contributed by atoms with Crippen molar-refractivity contribution >= 4 is 21.9 Å². The minimum absolute atomic E-state index is 0.00736. The lowest BCUT2D eigenvalue weighted by atomic mass is 9.86. The van der Waals surface area contributed by atoms with E-state index in [2.05, 4.69) is 58.9 Å². The molecule has 1 spiro atoms. The fourth-order valence-corrected chi connectivity index (χ4v) is 7.50. The minimum atomic E-state index is -3.67. The van der Waals surface area contributed by atoms with Crippen molar-refractivity contribution in [3.05, 3.63) is 0 Å². The van der Waals surface area contributed by atoms with Crippen molar-refractivity contribution in [2.75, 3.05) is 53.2 Å². The third-order valence-electron chi connectivity index (χ3n) is 9.46. The second kappa shape index (κ2) is 15.3. The van der Waals surface area contributed by atoms with Gasteiger partial charge in [-0.2, -0.15) is 8.42 Å². The molecule has 4 fully saturated rings. The van der Waals surface area contributed by atoms with Crippen LogP contribution < -0.4 is 5.32 Å². The zero-order valence-electron chi connectivity index (χ0n) is 27.8. The Morgan fingerprint density at radius 1 is 1.12 bits per heavy atom. The molecular formula is C31H58N4O7S. The lowest BCUT2D eigenvalue weighted by Gasteiger charge is -2.50. The van der Waals surface area contributed by atoms with E-state index in [1.54, 1.807) is 0 Å². The zero-order chi connectivity index (χ0) is 32.1. The molecule has 43 heavy (non-hydrogen) atoms. The van der Waals surface area contributed by atoms with E-state index in [-0.39, 0.29) is 23.9 Å². The van der Waals surface area contributed by atoms with Crippen LogP contribution in [0.2, 0.25) is 0 Å². The molecule has 250 valence electrons. The van der Waals surface area contributed by atoms with Gasteiger partial charge in [-0.1, -0.05) is 34.1 Å². The Morgan fingerprint density at radius 2 is 1.74 bits per heavy atom. The predicted molar refractivity (Wildman–Crippen MR) is 167 cm³/mol. The summed E-state index contributed by atoms with van der Waals surface area (Å²) in [4.78, 5) is 33.7. The molecule has 4 aliphatic rings. The van der Waals surface area contributed by atoms with Gasteiger partial charge in [-0.05, 0) is 64.5 Å². The molecule has 2 unspecified atom stereocenters. The lowest BCUT2D eigenvalue weighted by Crippen LogP contribution is -2.64. The fourth-order valence-electron chi connectivity index (χ4n) is 7.50. The Kier molecular flexibility index (Phi) is 12.9. The first kappa shape index (κ1) is 36.2. The molecule has 0 aromatic heterocycles. The topological polar surface area (TPSA) is 129 Å². The summed E-state index contributed by atoms with van der Waals surface area (Å²) in [6.45, 7) is 14.1. The molecule has 3 aliphatic heterocycles. The minimum Gasteiger partial charge on any atom is -0.349 e. The summed E-state index contributed by atoms with van der Waals surface area (Å²) in [5.41, 5.74) is 0. The maximum absolute atomic E-state index is 14.0. The van der Waals surface area contributed by atoms with E-state index < -0.39 is 21.9 Å². The molecule has 11 nitrogen and oxygen atoms in total. The average Bonchev–Trinajstić information content (AvgIpc) is 3.38. The highest BCUT2D eigenvalue weighted by atomic mass is 32.2. The van der Waals surface area contributed by atoms with Crippen LogP contribution in [0.25, 0.3) is 0 Å². The van der Waals surface area contributed by atoms with E-state index in [0.717, 1.165) is 26.2 Å². The number of hydrogen-bond acceptors (Lipinski definition) is 8. The van der Waals surface area contributed by atoms with Crippen LogP contribution in [0.3, 0.4) is 0 Å². The third kappa shape index (κ3) is 10.1. The van der Waals surface area contributed by atoms with Gasteiger partial charge in [0.25, 0.3) is 10.1 Å². The summed E-state index contributed by atoms with van der Waals surface area (Å²) >= 11 is 0. The third-order valence-corrected chi connectivity index (χ3v) is 9.46. The number of likely N-dealkylation sites (tertiary alicyclic amines) is 1. The van der Waals surface area contributed by atoms with Gasteiger partial charge in [0.15, 0.2) is 5.79 Å². The smallest absolute Gasteiger partial charge is 0.261 e. The summed E-state index contributed by atoms with van der Waals surface area (Å²) in [6.07, 6.45) is 7.39. The number of piperidine rings is 1. The fraction of sp³-hybridized carbons (Fsp3) is 0.935. The Labute approximate surface area is 260 Å². The van der Waals surface area contributed by atoms with E-state index in [0.29, 0.717) is 68.3 Å². The predicted octanol–water partition coefficient (Wildman–Crippen LogP) is 2.85. The van der Waals surface area contributed by atoms with Gasteiger partial charge < -0.3 is 29.5 Å². The van der Waals surface area contributed by atoms with Crippen molar-refractivity contribution in [3.63, 3.8) is 0 Å². The van der Waals surface area contributed by atoms with E-state index in [1.807, 2.05) is 9.80 Å². The second-order valence-corrected chi connectivity index (χ2v) is 15.8. The van der Waals surface area contributed by atoms with Crippen LogP contribution in [-0.4, -0.2) is 123 Å². The molecule has 5 atom stereocenters. The van der Waals surface area contributed by atoms with Gasteiger partial charge >= 0.3 is 0 Å². The van der Waals surface area contributed by atoms with Crippen molar-refractivity contribution in [2.24, 2.45) is 23.7 Å². The molecule has 0 aromatic carbocycles. The normalized spacial score (nSPS) is 32.8. The molecule has 12 heteroatoms. The van der Waals surface area contributed by atoms with Crippen LogP contribution in [0.5, 0.6) is 0 Å². The highest BCUT2D eigenvalue weighted by molar-refractivity contribution is 7.85. The molecule has 0 aromatic rings. The summed E-state index contributed by atoms with van der Waals surface area (Å²) in [7, 11) is 0.711. The maximum Gasteiger partial charge on any atom is 0.261 e. The van der Waals surface area contributed by atoms with Crippen LogP contribution in [0, 0.1) is 23.7 Å². The Hall–Kier alpha value is -1.31. The van der Waals surface area contributed by atoms with Crippen molar-refractivity contribution in [1.82, 2.24) is 20.0 Å². The number of piperazine rings is 1. The van der Waals surface area contributed by atoms with Crippen LogP contribution in [0.1, 0.15) is 79.6 Å². The second-order valence-electron chi connectivity index (χ2n) is 14.3. The number of carbonyl (C=O) groups excluding carboxylic acids is 2. The van der Waals surface area contributed by atoms with Crippen molar-refractivity contribution < 1.29 is 32.0 Å². The SMILES string of the molecule is CC(C)C[C@@H]1NCCN([C@@H](CC(C)C)C(=O)N2CCC3(C[C@@H]2C)OCC(C2CCCC2N(C)C)CO3)C1=O.CS(=O)(=O)O. The zero-order valence-corrected chi connectivity index (χ0v) is 28.6. The number of ether oxygens (including phenoxy) is 2. The first-order chi connectivity index (χ1) is 20.0. The average molecular weight is 631 g/mol. The number of nitrogens with zero attached hydrogens (tertiary/aromatic N) is 3. The number of hydrogen-bond donors (Lipinski definition) is 2. The summed E-state index contributed by atoms with van der Waals surface area (Å²) in [5.74, 6) is 1.41. The van der Waals surface area contributed by atoms with E-state index >= 15 is 0 Å². The van der Waals surface area contributed by atoms with Crippen LogP contribution in [0.4, 0.5) is 0 Å². The highest BCUT2D eigenvalue weighted by Crippen LogP contribution is 2.41. The molecule has 3 saturated heterocycles. The molecule has 1 aliphatic carbocycles. The van der Waals surface area contributed by atoms with E-state index in [9.17, 15) is 18.0 Å². The Morgan fingerprint density at radius 3 is 2.28 bits per heavy atom. The molecule has 2 N–H and O–H groups in total. The first-order valence-electron chi connectivity index (χ1n) is 16.2.